The molecule has 0 heterocycles. The number of hydrogen-bond acceptors (Lipinski definition) is 4. The average Bonchev–Trinajstić information content (AvgIpc) is 2.02. The van der Waals surface area contributed by atoms with Gasteiger partial charge < -0.3 is 11.5 Å². The normalized spacial score (nSPS) is 34.0. The number of carbonyl (C=O) groups excluding carboxylic acids is 1. The second kappa shape index (κ2) is 3.48. The van der Waals surface area contributed by atoms with E-state index in [-0.39, 0.29) is 12.8 Å². The van der Waals surface area contributed by atoms with Gasteiger partial charge in [0.2, 0.25) is 5.91 Å². The van der Waals surface area contributed by atoms with E-state index in [0.29, 0.717) is 12.8 Å². The highest BCUT2D eigenvalue weighted by atomic mass is 32.2. The lowest BCUT2D eigenvalue weighted by atomic mass is 9.81. The summed E-state index contributed by atoms with van der Waals surface area (Å²) in [5.74, 6) is -0.875. The van der Waals surface area contributed by atoms with Gasteiger partial charge in [-0.2, -0.15) is 8.42 Å². The number of amides is 1. The van der Waals surface area contributed by atoms with Crippen LogP contribution in [-0.2, 0) is 14.9 Å². The van der Waals surface area contributed by atoms with Gasteiger partial charge >= 0.3 is 0 Å². The van der Waals surface area contributed by atoms with E-state index in [0.717, 1.165) is 0 Å². The van der Waals surface area contributed by atoms with Crippen molar-refractivity contribution in [2.45, 2.75) is 36.5 Å². The Balaban J connectivity index is 3.07. The Morgan fingerprint density at radius 2 is 2.00 bits per heavy atom. The zero-order chi connectivity index (χ0) is 11.0. The summed E-state index contributed by atoms with van der Waals surface area (Å²) in [6.07, 6.45) is 1.65. The maximum Gasteiger partial charge on any atom is 0.270 e. The molecule has 0 spiro atoms. The van der Waals surface area contributed by atoms with Crippen LogP contribution in [-0.4, -0.2) is 29.7 Å². The first-order valence-electron chi connectivity index (χ1n) is 4.33. The fourth-order valence-electron chi connectivity index (χ4n) is 1.86. The molecule has 6 nitrogen and oxygen atoms in total. The van der Waals surface area contributed by atoms with Crippen molar-refractivity contribution < 1.29 is 17.8 Å². The van der Waals surface area contributed by atoms with Crippen molar-refractivity contribution in [2.24, 2.45) is 11.5 Å². The number of primary amides is 1. The van der Waals surface area contributed by atoms with Crippen LogP contribution < -0.4 is 11.5 Å². The van der Waals surface area contributed by atoms with Crippen molar-refractivity contribution in [2.75, 3.05) is 0 Å². The minimum atomic E-state index is -4.30. The Labute approximate surface area is 82.4 Å². The van der Waals surface area contributed by atoms with Crippen molar-refractivity contribution in [3.8, 4) is 0 Å². The van der Waals surface area contributed by atoms with Gasteiger partial charge in [-0.05, 0) is 12.8 Å². The minimum absolute atomic E-state index is 0.179. The Hall–Kier alpha value is -0.660. The fourth-order valence-corrected chi connectivity index (χ4v) is 3.09. The maximum atomic E-state index is 11.1. The van der Waals surface area contributed by atoms with Gasteiger partial charge in [0.15, 0.2) is 0 Å². The molecule has 1 amide bonds. The molecular weight excluding hydrogens is 208 g/mol. The van der Waals surface area contributed by atoms with Crippen molar-refractivity contribution in [1.82, 2.24) is 0 Å². The molecule has 1 saturated carbocycles. The van der Waals surface area contributed by atoms with Crippen LogP contribution >= 0.6 is 0 Å². The van der Waals surface area contributed by atoms with Gasteiger partial charge in [0.1, 0.15) is 10.8 Å². The van der Waals surface area contributed by atoms with E-state index in [1.54, 1.807) is 0 Å². The fraction of sp³-hybridized carbons (Fsp3) is 0.857. The van der Waals surface area contributed by atoms with E-state index < -0.39 is 26.8 Å². The highest BCUT2D eigenvalue weighted by molar-refractivity contribution is 7.86. The van der Waals surface area contributed by atoms with E-state index in [4.69, 9.17) is 16.0 Å². The molecule has 1 aliphatic carbocycles. The molecular formula is C7H14N2O4S. The molecule has 82 valence electrons. The topological polar surface area (TPSA) is 123 Å². The summed E-state index contributed by atoms with van der Waals surface area (Å²) in [6, 6.07) is 0. The summed E-state index contributed by atoms with van der Waals surface area (Å²) in [4.78, 5) is 11.1. The molecule has 0 aromatic heterocycles. The third-order valence-electron chi connectivity index (χ3n) is 2.70. The summed E-state index contributed by atoms with van der Waals surface area (Å²) in [6.45, 7) is 0. The molecule has 2 atom stereocenters. The Morgan fingerprint density at radius 1 is 1.43 bits per heavy atom. The van der Waals surface area contributed by atoms with Gasteiger partial charge in [0, 0.05) is 0 Å². The predicted molar refractivity (Wildman–Crippen MR) is 49.9 cm³/mol. The Kier molecular flexibility index (Phi) is 2.84. The summed E-state index contributed by atoms with van der Waals surface area (Å²) in [5, 5.41) is -1.26. The van der Waals surface area contributed by atoms with Crippen LogP contribution in [0.25, 0.3) is 0 Å². The molecule has 1 rings (SSSR count). The molecule has 0 aromatic carbocycles. The molecule has 0 radical (unpaired) electrons. The Bertz CT molecular complexity index is 340. The van der Waals surface area contributed by atoms with Crippen molar-refractivity contribution in [1.29, 1.82) is 0 Å². The van der Waals surface area contributed by atoms with Crippen LogP contribution in [0.1, 0.15) is 25.7 Å². The second-order valence-corrected chi connectivity index (χ2v) is 5.25. The highest BCUT2D eigenvalue weighted by Crippen LogP contribution is 2.30. The van der Waals surface area contributed by atoms with Crippen LogP contribution in [0.15, 0.2) is 0 Å². The van der Waals surface area contributed by atoms with E-state index in [1.165, 1.54) is 0 Å². The molecule has 0 aliphatic heterocycles. The zero-order valence-corrected chi connectivity index (χ0v) is 8.46. The van der Waals surface area contributed by atoms with Crippen LogP contribution in [0.5, 0.6) is 0 Å². The predicted octanol–water partition coefficient (Wildman–Crippen LogP) is -1.00. The van der Waals surface area contributed by atoms with E-state index in [9.17, 15) is 13.2 Å². The molecule has 0 saturated heterocycles. The molecule has 5 N–H and O–H groups in total. The van der Waals surface area contributed by atoms with Gasteiger partial charge in [-0.25, -0.2) is 0 Å². The third kappa shape index (κ3) is 1.89. The lowest BCUT2D eigenvalue weighted by Gasteiger charge is -2.36. The van der Waals surface area contributed by atoms with Gasteiger partial charge in [-0.15, -0.1) is 0 Å². The first-order chi connectivity index (χ1) is 6.28. The Morgan fingerprint density at radius 3 is 2.36 bits per heavy atom. The van der Waals surface area contributed by atoms with Crippen LogP contribution in [0, 0.1) is 0 Å². The van der Waals surface area contributed by atoms with Gasteiger partial charge in [-0.1, -0.05) is 12.8 Å². The summed E-state index contributed by atoms with van der Waals surface area (Å²) >= 11 is 0. The third-order valence-corrected chi connectivity index (χ3v) is 4.08. The highest BCUT2D eigenvalue weighted by Gasteiger charge is 2.48. The van der Waals surface area contributed by atoms with E-state index in [2.05, 4.69) is 0 Å². The SMILES string of the molecule is NC(=O)C1(N)CCCCC1S(=O)(=O)O. The second-order valence-electron chi connectivity index (χ2n) is 3.65. The maximum absolute atomic E-state index is 11.1. The molecule has 7 heteroatoms. The molecule has 2 unspecified atom stereocenters. The van der Waals surface area contributed by atoms with Crippen LogP contribution in [0.3, 0.4) is 0 Å². The van der Waals surface area contributed by atoms with Crippen LogP contribution in [0.2, 0.25) is 0 Å². The largest absolute Gasteiger partial charge is 0.368 e. The van der Waals surface area contributed by atoms with Gasteiger partial charge in [0.25, 0.3) is 10.1 Å². The van der Waals surface area contributed by atoms with Gasteiger partial charge in [-0.3, -0.25) is 9.35 Å². The van der Waals surface area contributed by atoms with Gasteiger partial charge in [0.05, 0.1) is 0 Å². The smallest absolute Gasteiger partial charge is 0.270 e. The number of carbonyl (C=O) groups is 1. The summed E-state index contributed by atoms with van der Waals surface area (Å²) in [7, 11) is -4.30. The summed E-state index contributed by atoms with van der Waals surface area (Å²) < 4.78 is 30.9. The van der Waals surface area contributed by atoms with E-state index >= 15 is 0 Å². The lowest BCUT2D eigenvalue weighted by Crippen LogP contribution is -2.63. The minimum Gasteiger partial charge on any atom is -0.368 e. The van der Waals surface area contributed by atoms with Crippen LogP contribution in [0.4, 0.5) is 0 Å². The molecule has 0 aromatic rings. The number of hydrogen-bond donors (Lipinski definition) is 3. The first kappa shape index (κ1) is 11.4. The lowest BCUT2D eigenvalue weighted by molar-refractivity contribution is -0.124. The van der Waals surface area contributed by atoms with Crippen molar-refractivity contribution in [3.63, 3.8) is 0 Å². The monoisotopic (exact) mass is 222 g/mol. The van der Waals surface area contributed by atoms with Crippen molar-refractivity contribution >= 4 is 16.0 Å². The molecule has 1 aliphatic rings. The first-order valence-corrected chi connectivity index (χ1v) is 5.84. The number of nitrogens with two attached hydrogens (primary N) is 2. The van der Waals surface area contributed by atoms with E-state index in [1.807, 2.05) is 0 Å². The molecule has 0 bridgehead atoms. The average molecular weight is 222 g/mol. The molecule has 14 heavy (non-hydrogen) atoms. The summed E-state index contributed by atoms with van der Waals surface area (Å²) in [5.41, 5.74) is 9.05. The van der Waals surface area contributed by atoms with Crippen molar-refractivity contribution in [3.05, 3.63) is 0 Å². The number of rotatable bonds is 2. The standard InChI is InChI=1S/C7H14N2O4S/c8-6(10)7(9)4-2-1-3-5(7)14(11,12)13/h5H,1-4,9H2,(H2,8,10)(H,11,12,13). The zero-order valence-electron chi connectivity index (χ0n) is 7.64. The quantitative estimate of drug-likeness (QED) is 0.517. The molecule has 1 fully saturated rings.